The van der Waals surface area contributed by atoms with Gasteiger partial charge in [-0.3, -0.25) is 4.79 Å². The van der Waals surface area contributed by atoms with E-state index >= 15 is 0 Å². The van der Waals surface area contributed by atoms with Crippen molar-refractivity contribution in [3.63, 3.8) is 0 Å². The summed E-state index contributed by atoms with van der Waals surface area (Å²) in [6, 6.07) is 12.3. The van der Waals surface area contributed by atoms with Crippen molar-refractivity contribution in [2.75, 3.05) is 27.2 Å². The Bertz CT molecular complexity index is 1000. The lowest BCUT2D eigenvalue weighted by atomic mass is 10.1. The van der Waals surface area contributed by atoms with E-state index < -0.39 is 10.0 Å². The van der Waals surface area contributed by atoms with Crippen LogP contribution in [0.1, 0.15) is 40.7 Å². The van der Waals surface area contributed by atoms with Crippen molar-refractivity contribution in [3.8, 4) is 0 Å². The molecule has 1 aliphatic heterocycles. The highest BCUT2D eigenvalue weighted by Gasteiger charge is 2.28. The van der Waals surface area contributed by atoms with E-state index in [2.05, 4.69) is 10.2 Å². The lowest BCUT2D eigenvalue weighted by molar-refractivity contribution is 0.0950. The van der Waals surface area contributed by atoms with Crippen molar-refractivity contribution in [1.82, 2.24) is 14.5 Å². The van der Waals surface area contributed by atoms with Crippen molar-refractivity contribution in [2.24, 2.45) is 0 Å². The number of halogens is 1. The Morgan fingerprint density at radius 2 is 1.73 bits per heavy atom. The molecule has 30 heavy (non-hydrogen) atoms. The van der Waals surface area contributed by atoms with Gasteiger partial charge >= 0.3 is 0 Å². The average Bonchev–Trinajstić information content (AvgIpc) is 2.73. The van der Waals surface area contributed by atoms with Crippen molar-refractivity contribution >= 4 is 27.5 Å². The van der Waals surface area contributed by atoms with Crippen molar-refractivity contribution in [2.45, 2.75) is 37.2 Å². The van der Waals surface area contributed by atoms with Crippen molar-refractivity contribution < 1.29 is 13.2 Å². The molecule has 0 radical (unpaired) electrons. The fourth-order valence-corrected chi connectivity index (χ4v) is 5.61. The largest absolute Gasteiger partial charge is 0.348 e. The number of nitrogens with one attached hydrogen (secondary N) is 1. The summed E-state index contributed by atoms with van der Waals surface area (Å²) in [5, 5.41) is 3.03. The fourth-order valence-electron chi connectivity index (χ4n) is 3.59. The summed E-state index contributed by atoms with van der Waals surface area (Å²) in [6.07, 6.45) is 2.70. The molecular formula is C22H28ClN3O3S. The zero-order valence-electron chi connectivity index (χ0n) is 17.4. The molecule has 3 rings (SSSR count). The first-order chi connectivity index (χ1) is 14.3. The molecule has 162 valence electrons. The van der Waals surface area contributed by atoms with E-state index in [4.69, 9.17) is 11.6 Å². The fraction of sp³-hybridized carbons (Fsp3) is 0.409. The molecule has 1 saturated heterocycles. The summed E-state index contributed by atoms with van der Waals surface area (Å²) in [5.74, 6) is -0.332. The summed E-state index contributed by atoms with van der Waals surface area (Å²) >= 11 is 6.20. The Morgan fingerprint density at radius 1 is 1.07 bits per heavy atom. The maximum atomic E-state index is 13.0. The van der Waals surface area contributed by atoms with Gasteiger partial charge in [0.15, 0.2) is 0 Å². The molecular weight excluding hydrogens is 422 g/mol. The molecule has 0 unspecified atom stereocenters. The summed E-state index contributed by atoms with van der Waals surface area (Å²) < 4.78 is 27.5. The van der Waals surface area contributed by atoms with Crippen LogP contribution in [0, 0.1) is 0 Å². The van der Waals surface area contributed by atoms with Gasteiger partial charge < -0.3 is 10.2 Å². The normalized spacial score (nSPS) is 15.3. The molecule has 8 heteroatoms. The minimum absolute atomic E-state index is 0.00766. The zero-order chi connectivity index (χ0) is 21.7. The van der Waals surface area contributed by atoms with E-state index in [-0.39, 0.29) is 21.4 Å². The molecule has 1 amide bonds. The monoisotopic (exact) mass is 449 g/mol. The highest BCUT2D eigenvalue weighted by Crippen LogP contribution is 2.28. The molecule has 1 fully saturated rings. The molecule has 1 aliphatic rings. The number of benzene rings is 2. The van der Waals surface area contributed by atoms with Crippen LogP contribution < -0.4 is 5.32 Å². The van der Waals surface area contributed by atoms with Gasteiger partial charge in [-0.05, 0) is 56.3 Å². The van der Waals surface area contributed by atoms with Gasteiger partial charge in [-0.15, -0.1) is 0 Å². The Hall–Kier alpha value is -1.93. The maximum absolute atomic E-state index is 13.0. The number of nitrogens with zero attached hydrogens (tertiary/aromatic N) is 2. The Balaban J connectivity index is 1.77. The van der Waals surface area contributed by atoms with E-state index in [1.54, 1.807) is 6.07 Å². The van der Waals surface area contributed by atoms with E-state index in [9.17, 15) is 13.2 Å². The third kappa shape index (κ3) is 5.40. The second kappa shape index (κ2) is 9.92. The summed E-state index contributed by atoms with van der Waals surface area (Å²) in [7, 11) is 0.267. The molecule has 1 heterocycles. The van der Waals surface area contributed by atoms with Gasteiger partial charge in [0.05, 0.1) is 5.02 Å². The summed E-state index contributed by atoms with van der Waals surface area (Å²) in [4.78, 5) is 14.8. The molecule has 2 aromatic rings. The van der Waals surface area contributed by atoms with Crippen LogP contribution in [0.15, 0.2) is 47.4 Å². The predicted octanol–water partition coefficient (Wildman–Crippen LogP) is 3.51. The highest BCUT2D eigenvalue weighted by atomic mass is 35.5. The Kier molecular flexibility index (Phi) is 7.52. The van der Waals surface area contributed by atoms with Gasteiger partial charge in [-0.25, -0.2) is 8.42 Å². The Labute approximate surface area is 183 Å². The van der Waals surface area contributed by atoms with E-state index in [0.717, 1.165) is 36.9 Å². The van der Waals surface area contributed by atoms with Crippen LogP contribution in [0.5, 0.6) is 0 Å². The van der Waals surface area contributed by atoms with Crippen molar-refractivity contribution in [1.29, 1.82) is 0 Å². The molecule has 0 bridgehead atoms. The van der Waals surface area contributed by atoms with Gasteiger partial charge in [-0.2, -0.15) is 4.31 Å². The lowest BCUT2D eigenvalue weighted by Gasteiger charge is -2.26. The highest BCUT2D eigenvalue weighted by molar-refractivity contribution is 7.89. The third-order valence-corrected chi connectivity index (χ3v) is 7.55. The second-order valence-corrected chi connectivity index (χ2v) is 10.1. The number of hydrogen-bond acceptors (Lipinski definition) is 4. The number of rotatable bonds is 7. The van der Waals surface area contributed by atoms with Crippen LogP contribution in [0.25, 0.3) is 0 Å². The number of piperidine rings is 1. The predicted molar refractivity (Wildman–Crippen MR) is 119 cm³/mol. The van der Waals surface area contributed by atoms with Crippen LogP contribution in [-0.2, 0) is 23.1 Å². The summed E-state index contributed by atoms with van der Waals surface area (Å²) in [6.45, 7) is 2.10. The number of carbonyl (C=O) groups is 1. The SMILES string of the molecule is CN(C)Cc1ccccc1CNC(=O)c1ccc(Cl)c(S(=O)(=O)N2CCCCC2)c1. The van der Waals surface area contributed by atoms with Crippen LogP contribution in [0.4, 0.5) is 0 Å². The molecule has 1 N–H and O–H groups in total. The third-order valence-electron chi connectivity index (χ3n) is 5.17. The Morgan fingerprint density at radius 3 is 2.40 bits per heavy atom. The van der Waals surface area contributed by atoms with E-state index in [1.165, 1.54) is 16.4 Å². The summed E-state index contributed by atoms with van der Waals surface area (Å²) in [5.41, 5.74) is 2.43. The minimum atomic E-state index is -3.72. The average molecular weight is 450 g/mol. The number of hydrogen-bond donors (Lipinski definition) is 1. The van der Waals surface area contributed by atoms with Gasteiger partial charge in [0.25, 0.3) is 5.91 Å². The van der Waals surface area contributed by atoms with Crippen LogP contribution >= 0.6 is 11.6 Å². The quantitative estimate of drug-likeness (QED) is 0.702. The first-order valence-electron chi connectivity index (χ1n) is 10.1. The smallest absolute Gasteiger partial charge is 0.251 e. The molecule has 0 aromatic heterocycles. The van der Waals surface area contributed by atoms with Crippen LogP contribution in [0.3, 0.4) is 0 Å². The first kappa shape index (κ1) is 22.7. The molecule has 6 nitrogen and oxygen atoms in total. The topological polar surface area (TPSA) is 69.7 Å². The molecule has 0 atom stereocenters. The van der Waals surface area contributed by atoms with Gasteiger partial charge in [0.2, 0.25) is 10.0 Å². The number of amides is 1. The van der Waals surface area contributed by atoms with Crippen molar-refractivity contribution in [3.05, 3.63) is 64.2 Å². The molecule has 0 aliphatic carbocycles. The van der Waals surface area contributed by atoms with E-state index in [0.29, 0.717) is 19.6 Å². The number of sulfonamides is 1. The minimum Gasteiger partial charge on any atom is -0.348 e. The van der Waals surface area contributed by atoms with Crippen LogP contribution in [-0.4, -0.2) is 50.7 Å². The van der Waals surface area contributed by atoms with Crippen LogP contribution in [0.2, 0.25) is 5.02 Å². The molecule has 0 saturated carbocycles. The first-order valence-corrected chi connectivity index (χ1v) is 11.9. The van der Waals surface area contributed by atoms with E-state index in [1.807, 2.05) is 38.4 Å². The number of carbonyl (C=O) groups excluding carboxylic acids is 1. The molecule has 0 spiro atoms. The zero-order valence-corrected chi connectivity index (χ0v) is 19.0. The standard InChI is InChI=1S/C22H28ClN3O3S/c1-25(2)16-19-9-5-4-8-18(19)15-24-22(27)17-10-11-20(23)21(14-17)30(28,29)26-12-6-3-7-13-26/h4-5,8-11,14H,3,6-7,12-13,15-16H2,1-2H3,(H,24,27). The second-order valence-electron chi connectivity index (χ2n) is 7.80. The molecule has 2 aromatic carbocycles. The lowest BCUT2D eigenvalue weighted by Crippen LogP contribution is -2.36. The van der Waals surface area contributed by atoms with Gasteiger partial charge in [0.1, 0.15) is 4.90 Å². The van der Waals surface area contributed by atoms with Gasteiger partial charge in [0, 0.05) is 31.7 Å². The van der Waals surface area contributed by atoms with Gasteiger partial charge in [-0.1, -0.05) is 42.3 Å². The maximum Gasteiger partial charge on any atom is 0.251 e.